The fourth-order valence-corrected chi connectivity index (χ4v) is 3.29. The molecule has 28 heavy (non-hydrogen) atoms. The molecule has 1 aliphatic rings. The molecule has 0 aliphatic heterocycles. The van der Waals surface area contributed by atoms with Gasteiger partial charge in [0.2, 0.25) is 11.8 Å². The van der Waals surface area contributed by atoms with E-state index in [1.165, 1.54) is 38.5 Å². The minimum absolute atomic E-state index is 0.106. The third kappa shape index (κ3) is 6.68. The first-order chi connectivity index (χ1) is 13.2. The molecule has 3 N–H and O–H groups in total. The van der Waals surface area contributed by atoms with Crippen molar-refractivity contribution in [1.82, 2.24) is 5.32 Å². The second kappa shape index (κ2) is 9.87. The van der Waals surface area contributed by atoms with Crippen LogP contribution in [0.1, 0.15) is 56.8 Å². The number of anilines is 2. The van der Waals surface area contributed by atoms with Crippen LogP contribution in [-0.4, -0.2) is 36.3 Å². The van der Waals surface area contributed by atoms with Crippen LogP contribution in [0, 0.1) is 5.92 Å². The summed E-state index contributed by atoms with van der Waals surface area (Å²) in [7, 11) is 0. The molecule has 3 amide bonds. The molecule has 8 heteroatoms. The van der Waals surface area contributed by atoms with E-state index in [0.717, 1.165) is 19.3 Å². The number of carbonyl (C=O) groups excluding carboxylic acids is 4. The molecule has 0 heterocycles. The highest BCUT2D eigenvalue weighted by molar-refractivity contribution is 5.98. The number of hydrogen-bond donors (Lipinski definition) is 3. The summed E-state index contributed by atoms with van der Waals surface area (Å²) in [6.45, 7) is 4.38. The number of esters is 1. The number of benzene rings is 1. The fraction of sp³-hybridized carbons (Fsp3) is 0.500. The minimum Gasteiger partial charge on any atom is -0.452 e. The number of nitrogens with one attached hydrogen (secondary N) is 3. The Morgan fingerprint density at radius 3 is 2.07 bits per heavy atom. The summed E-state index contributed by atoms with van der Waals surface area (Å²) in [5.41, 5.74) is 0.797. The van der Waals surface area contributed by atoms with Crippen LogP contribution in [0.25, 0.3) is 0 Å². The zero-order valence-corrected chi connectivity index (χ0v) is 16.5. The van der Waals surface area contributed by atoms with Gasteiger partial charge in [0.25, 0.3) is 5.91 Å². The molecule has 2 rings (SSSR count). The maximum Gasteiger partial charge on any atom is 0.338 e. The van der Waals surface area contributed by atoms with Gasteiger partial charge in [-0.05, 0) is 37.0 Å². The van der Waals surface area contributed by atoms with E-state index in [2.05, 4.69) is 22.9 Å². The van der Waals surface area contributed by atoms with Gasteiger partial charge >= 0.3 is 5.97 Å². The van der Waals surface area contributed by atoms with Crippen LogP contribution in [-0.2, 0) is 19.1 Å². The molecule has 0 bridgehead atoms. The zero-order chi connectivity index (χ0) is 20.7. The van der Waals surface area contributed by atoms with E-state index < -0.39 is 5.97 Å². The Morgan fingerprint density at radius 2 is 1.54 bits per heavy atom. The lowest BCUT2D eigenvalue weighted by Crippen LogP contribution is -2.42. The first kappa shape index (κ1) is 21.4. The van der Waals surface area contributed by atoms with E-state index in [1.807, 2.05) is 0 Å². The van der Waals surface area contributed by atoms with Crippen molar-refractivity contribution in [3.8, 4) is 0 Å². The van der Waals surface area contributed by atoms with E-state index >= 15 is 0 Å². The molecule has 1 aromatic rings. The molecule has 0 radical (unpaired) electrons. The third-order valence-electron chi connectivity index (χ3n) is 4.60. The van der Waals surface area contributed by atoms with Crippen LogP contribution in [0.2, 0.25) is 0 Å². The van der Waals surface area contributed by atoms with Gasteiger partial charge in [0.15, 0.2) is 6.61 Å². The van der Waals surface area contributed by atoms with Crippen LogP contribution in [0.15, 0.2) is 18.2 Å². The van der Waals surface area contributed by atoms with Crippen molar-refractivity contribution in [1.29, 1.82) is 0 Å². The van der Waals surface area contributed by atoms with Crippen molar-refractivity contribution in [2.75, 3.05) is 17.2 Å². The largest absolute Gasteiger partial charge is 0.452 e. The second-order valence-corrected chi connectivity index (χ2v) is 7.17. The summed E-state index contributed by atoms with van der Waals surface area (Å²) in [6.07, 6.45) is 4.26. The van der Waals surface area contributed by atoms with Gasteiger partial charge < -0.3 is 20.7 Å². The lowest BCUT2D eigenvalue weighted by Gasteiger charge is -2.29. The second-order valence-electron chi connectivity index (χ2n) is 7.17. The maximum absolute atomic E-state index is 12.4. The van der Waals surface area contributed by atoms with Gasteiger partial charge in [-0.1, -0.05) is 19.8 Å². The molecule has 1 fully saturated rings. The Labute approximate surface area is 164 Å². The van der Waals surface area contributed by atoms with Crippen LogP contribution < -0.4 is 16.0 Å². The molecule has 0 saturated heterocycles. The first-order valence-corrected chi connectivity index (χ1v) is 9.41. The molecule has 152 valence electrons. The summed E-state index contributed by atoms with van der Waals surface area (Å²) in [6, 6.07) is 4.48. The van der Waals surface area contributed by atoms with Crippen molar-refractivity contribution >= 4 is 35.1 Å². The molecule has 1 aliphatic carbocycles. The SMILES string of the molecule is CC(=O)Nc1cc(NC(C)=O)cc(C(=O)OCC(=O)NC2CCCCC2C)c1. The molecule has 0 aromatic heterocycles. The van der Waals surface area contributed by atoms with Crippen molar-refractivity contribution in [2.45, 2.75) is 52.5 Å². The number of carbonyl (C=O) groups is 4. The van der Waals surface area contributed by atoms with Gasteiger partial charge in [0.05, 0.1) is 5.56 Å². The number of ether oxygens (including phenoxy) is 1. The topological polar surface area (TPSA) is 114 Å². The summed E-state index contributed by atoms with van der Waals surface area (Å²) in [5.74, 6) is -1.29. The Balaban J connectivity index is 2.00. The lowest BCUT2D eigenvalue weighted by molar-refractivity contribution is -0.125. The zero-order valence-electron chi connectivity index (χ0n) is 16.5. The third-order valence-corrected chi connectivity index (χ3v) is 4.60. The predicted molar refractivity (Wildman–Crippen MR) is 105 cm³/mol. The molecule has 8 nitrogen and oxygen atoms in total. The maximum atomic E-state index is 12.4. The van der Waals surface area contributed by atoms with Crippen molar-refractivity contribution < 1.29 is 23.9 Å². The Bertz CT molecular complexity index is 728. The van der Waals surface area contributed by atoms with Gasteiger partial charge in [-0.2, -0.15) is 0 Å². The fourth-order valence-electron chi connectivity index (χ4n) is 3.29. The van der Waals surface area contributed by atoms with E-state index in [1.54, 1.807) is 0 Å². The van der Waals surface area contributed by atoms with Crippen LogP contribution in [0.4, 0.5) is 11.4 Å². The van der Waals surface area contributed by atoms with E-state index in [9.17, 15) is 19.2 Å². The molecule has 2 unspecified atom stereocenters. The van der Waals surface area contributed by atoms with Crippen molar-refractivity contribution in [2.24, 2.45) is 5.92 Å². The smallest absolute Gasteiger partial charge is 0.338 e. The highest BCUT2D eigenvalue weighted by atomic mass is 16.5. The first-order valence-electron chi connectivity index (χ1n) is 9.41. The van der Waals surface area contributed by atoms with Gasteiger partial charge in [-0.3, -0.25) is 14.4 Å². The molecule has 2 atom stereocenters. The molecule has 0 spiro atoms. The van der Waals surface area contributed by atoms with Crippen LogP contribution in [0.5, 0.6) is 0 Å². The average Bonchev–Trinajstić information content (AvgIpc) is 2.60. The highest BCUT2D eigenvalue weighted by Crippen LogP contribution is 2.24. The van der Waals surface area contributed by atoms with Crippen molar-refractivity contribution in [3.63, 3.8) is 0 Å². The van der Waals surface area contributed by atoms with Crippen LogP contribution >= 0.6 is 0 Å². The number of amides is 3. The standard InChI is InChI=1S/C20H27N3O5/c1-12-6-4-5-7-18(12)23-19(26)11-28-20(27)15-8-16(21-13(2)24)10-17(9-15)22-14(3)25/h8-10,12,18H,4-7,11H2,1-3H3,(H,21,24)(H,22,25)(H,23,26). The summed E-state index contributed by atoms with van der Waals surface area (Å²) < 4.78 is 5.11. The number of hydrogen-bond acceptors (Lipinski definition) is 5. The van der Waals surface area contributed by atoms with Gasteiger partial charge in [-0.15, -0.1) is 0 Å². The Hall–Kier alpha value is -2.90. The average molecular weight is 389 g/mol. The normalized spacial score (nSPS) is 18.7. The van der Waals surface area contributed by atoms with Crippen molar-refractivity contribution in [3.05, 3.63) is 23.8 Å². The van der Waals surface area contributed by atoms with E-state index in [-0.39, 0.29) is 35.9 Å². The van der Waals surface area contributed by atoms with E-state index in [0.29, 0.717) is 17.3 Å². The summed E-state index contributed by atoms with van der Waals surface area (Å²) in [5, 5.41) is 8.04. The molecule has 1 saturated carbocycles. The molecular formula is C20H27N3O5. The van der Waals surface area contributed by atoms with Gasteiger partial charge in [-0.25, -0.2) is 4.79 Å². The van der Waals surface area contributed by atoms with Gasteiger partial charge in [0, 0.05) is 31.3 Å². The number of rotatable bonds is 6. The highest BCUT2D eigenvalue weighted by Gasteiger charge is 2.23. The Kier molecular flexibility index (Phi) is 7.54. The quantitative estimate of drug-likeness (QED) is 0.647. The monoisotopic (exact) mass is 389 g/mol. The lowest BCUT2D eigenvalue weighted by atomic mass is 9.86. The molecule has 1 aromatic carbocycles. The van der Waals surface area contributed by atoms with Gasteiger partial charge in [0.1, 0.15) is 0 Å². The summed E-state index contributed by atoms with van der Waals surface area (Å²) >= 11 is 0. The molecular weight excluding hydrogens is 362 g/mol. The van der Waals surface area contributed by atoms with Crippen LogP contribution in [0.3, 0.4) is 0 Å². The predicted octanol–water partition coefficient (Wildman–Crippen LogP) is 2.46. The minimum atomic E-state index is -0.717. The summed E-state index contributed by atoms with van der Waals surface area (Å²) in [4.78, 5) is 47.1. The Morgan fingerprint density at radius 1 is 0.964 bits per heavy atom. The van der Waals surface area contributed by atoms with E-state index in [4.69, 9.17) is 4.74 Å².